The van der Waals surface area contributed by atoms with E-state index in [1.54, 1.807) is 7.11 Å². The van der Waals surface area contributed by atoms with Gasteiger partial charge >= 0.3 is 0 Å². The number of benzene rings is 3. The molecule has 0 saturated heterocycles. The van der Waals surface area contributed by atoms with E-state index in [4.69, 9.17) is 30.8 Å². The second kappa shape index (κ2) is 11.8. The summed E-state index contributed by atoms with van der Waals surface area (Å²) in [7, 11) is 1.67. The molecule has 182 valence electrons. The van der Waals surface area contributed by atoms with Crippen LogP contribution in [0.2, 0.25) is 5.02 Å². The average Bonchev–Trinajstić information content (AvgIpc) is 3.25. The van der Waals surface area contributed by atoms with E-state index < -0.39 is 0 Å². The summed E-state index contributed by atoms with van der Waals surface area (Å²) in [5, 5.41) is 0.685. The van der Waals surface area contributed by atoms with E-state index in [-0.39, 0.29) is 6.10 Å². The molecule has 0 aliphatic rings. The van der Waals surface area contributed by atoms with Crippen molar-refractivity contribution in [3.05, 3.63) is 95.8 Å². The van der Waals surface area contributed by atoms with Crippen LogP contribution in [0.4, 0.5) is 0 Å². The minimum absolute atomic E-state index is 0.210. The van der Waals surface area contributed by atoms with E-state index in [0.29, 0.717) is 11.6 Å². The minimum Gasteiger partial charge on any atom is -0.493 e. The molecule has 6 heteroatoms. The zero-order valence-corrected chi connectivity index (χ0v) is 21.0. The highest BCUT2D eigenvalue weighted by atomic mass is 35.5. The van der Waals surface area contributed by atoms with Gasteiger partial charge in [-0.15, -0.1) is 6.58 Å². The lowest BCUT2D eigenvalue weighted by molar-refractivity contribution is 0.210. The molecule has 35 heavy (non-hydrogen) atoms. The van der Waals surface area contributed by atoms with Gasteiger partial charge in [0.15, 0.2) is 23.4 Å². The highest BCUT2D eigenvalue weighted by Gasteiger charge is 2.18. The van der Waals surface area contributed by atoms with Crippen molar-refractivity contribution in [2.45, 2.75) is 38.8 Å². The van der Waals surface area contributed by atoms with Gasteiger partial charge in [0.25, 0.3) is 0 Å². The molecule has 1 aromatic heterocycles. The second-order valence-electron chi connectivity index (χ2n) is 8.36. The summed E-state index contributed by atoms with van der Waals surface area (Å²) in [4.78, 5) is 4.88. The first kappa shape index (κ1) is 24.7. The van der Waals surface area contributed by atoms with Crippen LogP contribution < -0.4 is 14.2 Å². The van der Waals surface area contributed by atoms with E-state index >= 15 is 0 Å². The zero-order chi connectivity index (χ0) is 24.6. The number of hydrogen-bond donors (Lipinski definition) is 0. The number of allylic oxidation sites excluding steroid dienone is 1. The fourth-order valence-corrected chi connectivity index (χ4v) is 4.21. The number of aromatic nitrogens is 2. The standard InChI is InChI=1S/C29H31ClN2O3/c1-4-9-22-12-17-27(28(20-22)33-3)34-19-8-7-18-32-26-11-6-5-10-25(26)31-29(32)21(2)35-24-15-13-23(30)14-16-24/h4-6,10-17,20-21H,1,7-9,18-19H2,2-3H3. The number of para-hydroxylation sites is 2. The maximum absolute atomic E-state index is 6.18. The maximum atomic E-state index is 6.18. The Balaban J connectivity index is 1.40. The van der Waals surface area contributed by atoms with Crippen LogP contribution in [0.1, 0.15) is 37.3 Å². The molecule has 1 atom stereocenters. The van der Waals surface area contributed by atoms with Gasteiger partial charge in [-0.1, -0.05) is 35.9 Å². The number of imidazole rings is 1. The monoisotopic (exact) mass is 490 g/mol. The van der Waals surface area contributed by atoms with Crippen molar-refractivity contribution in [2.24, 2.45) is 0 Å². The molecule has 4 rings (SSSR count). The molecule has 0 radical (unpaired) electrons. The van der Waals surface area contributed by atoms with Crippen LogP contribution in [0.5, 0.6) is 17.2 Å². The van der Waals surface area contributed by atoms with Crippen LogP contribution in [0.3, 0.4) is 0 Å². The third kappa shape index (κ3) is 6.17. The van der Waals surface area contributed by atoms with Gasteiger partial charge in [0, 0.05) is 11.6 Å². The summed E-state index contributed by atoms with van der Waals surface area (Å²) in [6.45, 7) is 7.25. The van der Waals surface area contributed by atoms with Gasteiger partial charge in [0.05, 0.1) is 24.8 Å². The number of hydrogen-bond acceptors (Lipinski definition) is 4. The number of aryl methyl sites for hydroxylation is 1. The molecule has 0 aliphatic carbocycles. The van der Waals surface area contributed by atoms with Gasteiger partial charge in [-0.25, -0.2) is 4.98 Å². The highest BCUT2D eigenvalue weighted by molar-refractivity contribution is 6.30. The Morgan fingerprint density at radius 1 is 1.03 bits per heavy atom. The lowest BCUT2D eigenvalue weighted by Crippen LogP contribution is -2.13. The van der Waals surface area contributed by atoms with E-state index in [0.717, 1.165) is 65.5 Å². The van der Waals surface area contributed by atoms with Crippen molar-refractivity contribution < 1.29 is 14.2 Å². The molecule has 0 spiro atoms. The molecule has 0 bridgehead atoms. The predicted octanol–water partition coefficient (Wildman–Crippen LogP) is 7.43. The van der Waals surface area contributed by atoms with E-state index in [1.165, 1.54) is 0 Å². The van der Waals surface area contributed by atoms with Crippen molar-refractivity contribution >= 4 is 22.6 Å². The average molecular weight is 491 g/mol. The molecule has 5 nitrogen and oxygen atoms in total. The maximum Gasteiger partial charge on any atom is 0.161 e. The number of methoxy groups -OCH3 is 1. The summed E-state index contributed by atoms with van der Waals surface area (Å²) >= 11 is 6.01. The van der Waals surface area contributed by atoms with E-state index in [9.17, 15) is 0 Å². The van der Waals surface area contributed by atoms with Crippen molar-refractivity contribution in [3.63, 3.8) is 0 Å². The molecule has 0 fully saturated rings. The first-order valence-corrected chi connectivity index (χ1v) is 12.2. The van der Waals surface area contributed by atoms with E-state index in [2.05, 4.69) is 17.2 Å². The van der Waals surface area contributed by atoms with Crippen LogP contribution >= 0.6 is 11.6 Å². The number of unbranched alkanes of at least 4 members (excludes halogenated alkanes) is 1. The highest BCUT2D eigenvalue weighted by Crippen LogP contribution is 2.29. The molecule has 0 N–H and O–H groups in total. The fourth-order valence-electron chi connectivity index (χ4n) is 4.09. The number of rotatable bonds is 12. The zero-order valence-electron chi connectivity index (χ0n) is 20.2. The molecule has 3 aromatic carbocycles. The fraction of sp³-hybridized carbons (Fsp3) is 0.276. The molecule has 4 aromatic rings. The van der Waals surface area contributed by atoms with Gasteiger partial charge in [-0.3, -0.25) is 0 Å². The smallest absolute Gasteiger partial charge is 0.161 e. The minimum atomic E-state index is -0.210. The largest absolute Gasteiger partial charge is 0.493 e. The van der Waals surface area contributed by atoms with E-state index in [1.807, 2.05) is 73.7 Å². The summed E-state index contributed by atoms with van der Waals surface area (Å²) in [6.07, 6.45) is 4.31. The van der Waals surface area contributed by atoms with Gasteiger partial charge in [0.1, 0.15) is 5.75 Å². The topological polar surface area (TPSA) is 45.5 Å². The Bertz CT molecular complexity index is 1270. The van der Waals surface area contributed by atoms with Gasteiger partial charge in [-0.2, -0.15) is 0 Å². The predicted molar refractivity (Wildman–Crippen MR) is 142 cm³/mol. The van der Waals surface area contributed by atoms with Gasteiger partial charge in [-0.05, 0) is 80.3 Å². The van der Waals surface area contributed by atoms with Crippen LogP contribution in [0.25, 0.3) is 11.0 Å². The van der Waals surface area contributed by atoms with Crippen molar-refractivity contribution in [1.29, 1.82) is 0 Å². The Labute approximate surface area is 211 Å². The molecular formula is C29H31ClN2O3. The normalized spacial score (nSPS) is 11.9. The first-order valence-electron chi connectivity index (χ1n) is 11.9. The molecule has 0 amide bonds. The Morgan fingerprint density at radius 3 is 2.60 bits per heavy atom. The number of fused-ring (bicyclic) bond motifs is 1. The molecular weight excluding hydrogens is 460 g/mol. The SMILES string of the molecule is C=CCc1ccc(OCCCCn2c(C(C)Oc3ccc(Cl)cc3)nc3ccccc32)c(OC)c1. The Morgan fingerprint density at radius 2 is 1.83 bits per heavy atom. The summed E-state index contributed by atoms with van der Waals surface area (Å²) in [5.74, 6) is 3.18. The molecule has 1 unspecified atom stereocenters. The lowest BCUT2D eigenvalue weighted by atomic mass is 10.1. The quantitative estimate of drug-likeness (QED) is 0.153. The number of ether oxygens (including phenoxy) is 3. The Hall–Kier alpha value is -3.44. The third-order valence-corrected chi connectivity index (χ3v) is 6.07. The van der Waals surface area contributed by atoms with Crippen molar-refractivity contribution in [2.75, 3.05) is 13.7 Å². The summed E-state index contributed by atoms with van der Waals surface area (Å²) in [6, 6.07) is 21.6. The second-order valence-corrected chi connectivity index (χ2v) is 8.79. The molecule has 0 saturated carbocycles. The lowest BCUT2D eigenvalue weighted by Gasteiger charge is -2.17. The number of halogens is 1. The van der Waals surface area contributed by atoms with Crippen LogP contribution in [-0.4, -0.2) is 23.3 Å². The molecule has 0 aliphatic heterocycles. The van der Waals surface area contributed by atoms with Crippen LogP contribution in [-0.2, 0) is 13.0 Å². The number of nitrogens with zero attached hydrogens (tertiary/aromatic N) is 2. The van der Waals surface area contributed by atoms with Gasteiger partial charge in [0.2, 0.25) is 0 Å². The molecule has 1 heterocycles. The van der Waals surface area contributed by atoms with Crippen LogP contribution in [0.15, 0.2) is 79.4 Å². The third-order valence-electron chi connectivity index (χ3n) is 5.82. The van der Waals surface area contributed by atoms with Crippen molar-refractivity contribution in [1.82, 2.24) is 9.55 Å². The van der Waals surface area contributed by atoms with Crippen molar-refractivity contribution in [3.8, 4) is 17.2 Å². The summed E-state index contributed by atoms with van der Waals surface area (Å²) < 4.78 is 20.0. The summed E-state index contributed by atoms with van der Waals surface area (Å²) in [5.41, 5.74) is 3.22. The Kier molecular flexibility index (Phi) is 8.32. The van der Waals surface area contributed by atoms with Gasteiger partial charge < -0.3 is 18.8 Å². The first-order chi connectivity index (χ1) is 17.1. The van der Waals surface area contributed by atoms with Crippen LogP contribution in [0, 0.1) is 0 Å².